The molecule has 1 fully saturated rings. The third-order valence-electron chi connectivity index (χ3n) is 6.33. The van der Waals surface area contributed by atoms with Gasteiger partial charge in [-0.2, -0.15) is 0 Å². The van der Waals surface area contributed by atoms with Crippen LogP contribution in [0.15, 0.2) is 48.5 Å². The zero-order chi connectivity index (χ0) is 22.8. The topological polar surface area (TPSA) is 93.0 Å². The van der Waals surface area contributed by atoms with Crippen molar-refractivity contribution in [1.82, 2.24) is 0 Å². The second-order valence-corrected chi connectivity index (χ2v) is 8.48. The summed E-state index contributed by atoms with van der Waals surface area (Å²) < 4.78 is 5.57. The number of nitrogens with zero attached hydrogens (tertiary/aromatic N) is 3. The van der Waals surface area contributed by atoms with Gasteiger partial charge in [-0.05, 0) is 50.8 Å². The van der Waals surface area contributed by atoms with Crippen molar-refractivity contribution in [2.45, 2.75) is 45.3 Å². The number of hydrogen-bond acceptors (Lipinski definition) is 6. The van der Waals surface area contributed by atoms with E-state index in [1.807, 2.05) is 36.1 Å². The minimum absolute atomic E-state index is 0.0194. The van der Waals surface area contributed by atoms with Gasteiger partial charge >= 0.3 is 5.97 Å². The molecule has 2 aliphatic heterocycles. The number of nitro benzene ring substituents is 1. The summed E-state index contributed by atoms with van der Waals surface area (Å²) in [5.41, 5.74) is 2.63. The Hall–Kier alpha value is -3.42. The first-order chi connectivity index (χ1) is 15.4. The number of para-hydroxylation sites is 3. The number of fused-ring (bicyclic) bond motifs is 1. The average molecular weight is 437 g/mol. The van der Waals surface area contributed by atoms with Crippen LogP contribution in [0.4, 0.5) is 17.1 Å². The SMILES string of the molecule is C[C@@H](OC(=O)C1CCN(c2ccccc2[N+](=O)[O-])CC1)C(=O)N1c2ccccc2C[C@@H]1C. The summed E-state index contributed by atoms with van der Waals surface area (Å²) in [6.45, 7) is 4.65. The first-order valence-corrected chi connectivity index (χ1v) is 11.0. The molecule has 2 aliphatic rings. The molecule has 0 aliphatic carbocycles. The smallest absolute Gasteiger partial charge is 0.309 e. The fraction of sp³-hybridized carbons (Fsp3) is 0.417. The van der Waals surface area contributed by atoms with Crippen molar-refractivity contribution in [3.8, 4) is 0 Å². The maximum atomic E-state index is 13.1. The first kappa shape index (κ1) is 21.8. The van der Waals surface area contributed by atoms with Crippen molar-refractivity contribution < 1.29 is 19.2 Å². The number of nitro groups is 1. The molecule has 8 heteroatoms. The van der Waals surface area contributed by atoms with Gasteiger partial charge in [0.2, 0.25) is 0 Å². The van der Waals surface area contributed by atoms with Crippen LogP contribution in [0.25, 0.3) is 0 Å². The standard InChI is InChI=1S/C24H27N3O5/c1-16-15-19-7-3-4-8-20(19)26(16)23(28)17(2)32-24(29)18-11-13-25(14-12-18)21-9-5-6-10-22(21)27(30)31/h3-10,16-18H,11-15H2,1-2H3/t16-,17+/m0/s1. The molecule has 2 atom stereocenters. The second-order valence-electron chi connectivity index (χ2n) is 8.48. The van der Waals surface area contributed by atoms with Crippen molar-refractivity contribution in [2.75, 3.05) is 22.9 Å². The van der Waals surface area contributed by atoms with E-state index in [-0.39, 0.29) is 34.4 Å². The van der Waals surface area contributed by atoms with Gasteiger partial charge in [0.1, 0.15) is 5.69 Å². The van der Waals surface area contributed by atoms with Crippen LogP contribution in [0.3, 0.4) is 0 Å². The Morgan fingerprint density at radius 3 is 2.38 bits per heavy atom. The predicted octanol–water partition coefficient (Wildman–Crippen LogP) is 3.72. The van der Waals surface area contributed by atoms with Crippen LogP contribution >= 0.6 is 0 Å². The molecule has 0 aromatic heterocycles. The number of carbonyl (C=O) groups excluding carboxylic acids is 2. The minimum atomic E-state index is -0.871. The molecule has 4 rings (SSSR count). The summed E-state index contributed by atoms with van der Waals surface area (Å²) >= 11 is 0. The van der Waals surface area contributed by atoms with Crippen molar-refractivity contribution in [3.05, 3.63) is 64.2 Å². The van der Waals surface area contributed by atoms with E-state index in [9.17, 15) is 19.7 Å². The Labute approximate surface area is 186 Å². The summed E-state index contributed by atoms with van der Waals surface area (Å²) in [4.78, 5) is 40.4. The van der Waals surface area contributed by atoms with Crippen LogP contribution < -0.4 is 9.80 Å². The van der Waals surface area contributed by atoms with Gasteiger partial charge in [0.25, 0.3) is 11.6 Å². The molecule has 168 valence electrons. The second kappa shape index (κ2) is 8.98. The lowest BCUT2D eigenvalue weighted by atomic mass is 9.96. The highest BCUT2D eigenvalue weighted by Crippen LogP contribution is 2.34. The zero-order valence-corrected chi connectivity index (χ0v) is 18.3. The molecule has 8 nitrogen and oxygen atoms in total. The number of anilines is 2. The lowest BCUT2D eigenvalue weighted by Crippen LogP contribution is -2.44. The van der Waals surface area contributed by atoms with Crippen LogP contribution in [0.2, 0.25) is 0 Å². The molecule has 32 heavy (non-hydrogen) atoms. The zero-order valence-electron chi connectivity index (χ0n) is 18.3. The van der Waals surface area contributed by atoms with E-state index in [0.717, 1.165) is 17.7 Å². The van der Waals surface area contributed by atoms with E-state index in [4.69, 9.17) is 4.74 Å². The van der Waals surface area contributed by atoms with E-state index in [1.54, 1.807) is 30.0 Å². The van der Waals surface area contributed by atoms with Gasteiger partial charge in [0.15, 0.2) is 6.10 Å². The normalized spacial score (nSPS) is 19.4. The number of rotatable bonds is 5. The van der Waals surface area contributed by atoms with E-state index >= 15 is 0 Å². The van der Waals surface area contributed by atoms with Crippen molar-refractivity contribution in [3.63, 3.8) is 0 Å². The fourth-order valence-corrected chi connectivity index (χ4v) is 4.66. The van der Waals surface area contributed by atoms with Crippen molar-refractivity contribution in [1.29, 1.82) is 0 Å². The first-order valence-electron chi connectivity index (χ1n) is 11.0. The van der Waals surface area contributed by atoms with Crippen molar-refractivity contribution >= 4 is 28.9 Å². The third-order valence-corrected chi connectivity index (χ3v) is 6.33. The number of benzene rings is 2. The number of piperidine rings is 1. The number of esters is 1. The van der Waals surface area contributed by atoms with Gasteiger partial charge in [0, 0.05) is 30.9 Å². The molecule has 0 radical (unpaired) electrons. The number of ether oxygens (including phenoxy) is 1. The lowest BCUT2D eigenvalue weighted by molar-refractivity contribution is -0.384. The minimum Gasteiger partial charge on any atom is -0.452 e. The molecule has 1 amide bonds. The molecular formula is C24H27N3O5. The molecular weight excluding hydrogens is 410 g/mol. The van der Waals surface area contributed by atoms with Crippen LogP contribution in [0.5, 0.6) is 0 Å². The molecule has 0 saturated carbocycles. The fourth-order valence-electron chi connectivity index (χ4n) is 4.66. The highest BCUT2D eigenvalue weighted by Gasteiger charge is 2.36. The Kier molecular flexibility index (Phi) is 6.12. The molecule has 2 heterocycles. The Morgan fingerprint density at radius 1 is 1.06 bits per heavy atom. The monoisotopic (exact) mass is 437 g/mol. The summed E-state index contributed by atoms with van der Waals surface area (Å²) in [5.74, 6) is -0.922. The van der Waals surface area contributed by atoms with E-state index < -0.39 is 6.10 Å². The van der Waals surface area contributed by atoms with E-state index in [2.05, 4.69) is 0 Å². The summed E-state index contributed by atoms with van der Waals surface area (Å²) in [5, 5.41) is 11.3. The molecule has 2 aromatic rings. The quantitative estimate of drug-likeness (QED) is 0.402. The summed E-state index contributed by atoms with van der Waals surface area (Å²) in [7, 11) is 0. The van der Waals surface area contributed by atoms with Gasteiger partial charge in [-0.1, -0.05) is 30.3 Å². The molecule has 0 unspecified atom stereocenters. The predicted molar refractivity (Wildman–Crippen MR) is 121 cm³/mol. The highest BCUT2D eigenvalue weighted by atomic mass is 16.6. The lowest BCUT2D eigenvalue weighted by Gasteiger charge is -2.33. The van der Waals surface area contributed by atoms with Crippen LogP contribution in [-0.4, -0.2) is 42.0 Å². The van der Waals surface area contributed by atoms with Crippen molar-refractivity contribution in [2.24, 2.45) is 5.92 Å². The third kappa shape index (κ3) is 4.17. The molecule has 0 spiro atoms. The average Bonchev–Trinajstić information content (AvgIpc) is 3.14. The summed E-state index contributed by atoms with van der Waals surface area (Å²) in [6.07, 6.45) is 0.959. The Balaban J connectivity index is 1.35. The number of hydrogen-bond donors (Lipinski definition) is 0. The Morgan fingerprint density at radius 2 is 1.69 bits per heavy atom. The van der Waals surface area contributed by atoms with Gasteiger partial charge < -0.3 is 14.5 Å². The van der Waals surface area contributed by atoms with Gasteiger partial charge in [-0.15, -0.1) is 0 Å². The van der Waals surface area contributed by atoms with E-state index in [0.29, 0.717) is 31.6 Å². The van der Waals surface area contributed by atoms with Crippen LogP contribution in [0.1, 0.15) is 32.3 Å². The number of carbonyl (C=O) groups is 2. The number of amides is 1. The maximum absolute atomic E-state index is 13.1. The van der Waals surface area contributed by atoms with Gasteiger partial charge in [-0.25, -0.2) is 0 Å². The van der Waals surface area contributed by atoms with E-state index in [1.165, 1.54) is 6.07 Å². The van der Waals surface area contributed by atoms with Crippen LogP contribution in [0, 0.1) is 16.0 Å². The molecule has 0 N–H and O–H groups in total. The van der Waals surface area contributed by atoms with Gasteiger partial charge in [0.05, 0.1) is 10.8 Å². The largest absolute Gasteiger partial charge is 0.452 e. The Bertz CT molecular complexity index is 1030. The summed E-state index contributed by atoms with van der Waals surface area (Å²) in [6, 6.07) is 14.4. The molecule has 2 aromatic carbocycles. The van der Waals surface area contributed by atoms with Crippen LogP contribution in [-0.2, 0) is 20.7 Å². The molecule has 0 bridgehead atoms. The van der Waals surface area contributed by atoms with Gasteiger partial charge in [-0.3, -0.25) is 19.7 Å². The highest BCUT2D eigenvalue weighted by molar-refractivity contribution is 5.99. The maximum Gasteiger partial charge on any atom is 0.309 e. The molecule has 1 saturated heterocycles.